The zero-order valence-electron chi connectivity index (χ0n) is 11.9. The quantitative estimate of drug-likeness (QED) is 0.517. The molecule has 23 heavy (non-hydrogen) atoms. The molecule has 0 radical (unpaired) electrons. The van der Waals surface area contributed by atoms with E-state index in [4.69, 9.17) is 40.5 Å². The number of benzene rings is 1. The number of nitrogens with one attached hydrogen (secondary N) is 2. The van der Waals surface area contributed by atoms with Crippen LogP contribution < -0.4 is 16.4 Å². The van der Waals surface area contributed by atoms with Gasteiger partial charge in [-0.2, -0.15) is 0 Å². The summed E-state index contributed by atoms with van der Waals surface area (Å²) in [6, 6.07) is 6.06. The average Bonchev–Trinajstić information content (AvgIpc) is 2.71. The molecule has 1 aliphatic heterocycles. The van der Waals surface area contributed by atoms with E-state index in [1.54, 1.807) is 12.1 Å². The zero-order valence-corrected chi connectivity index (χ0v) is 15.0. The second-order valence-corrected chi connectivity index (χ2v) is 9.82. The second kappa shape index (κ2) is 7.03. The molecule has 0 aliphatic carbocycles. The lowest BCUT2D eigenvalue weighted by molar-refractivity contribution is -0.120. The summed E-state index contributed by atoms with van der Waals surface area (Å²) in [5.41, 5.74) is 7.20. The molecule has 128 valence electrons. The summed E-state index contributed by atoms with van der Waals surface area (Å²) in [5.74, 6) is -1.13. The Morgan fingerprint density at radius 2 is 1.74 bits per heavy atom. The number of sulfone groups is 1. The predicted molar refractivity (Wildman–Crippen MR) is 92.4 cm³/mol. The van der Waals surface area contributed by atoms with Gasteiger partial charge in [0.05, 0.1) is 17.5 Å². The number of carbonyl (C=O) groups is 1. The van der Waals surface area contributed by atoms with Crippen LogP contribution in [-0.4, -0.2) is 41.7 Å². The van der Waals surface area contributed by atoms with Crippen molar-refractivity contribution in [1.82, 2.24) is 10.6 Å². The standard InChI is InChI=1S/C13H16Cl3N3O3S/c14-13(15,16)12(20)19-11-7-23(21,22)6-10(11)18-5-8-1-3-9(17)4-2-8/h1-4,10-11,18H,5-7,17H2,(H,19,20)/t10-,11+/m0/s1. The Bertz CT molecular complexity index is 674. The maximum atomic E-state index is 11.8. The molecule has 0 saturated carbocycles. The van der Waals surface area contributed by atoms with Gasteiger partial charge in [0.2, 0.25) is 0 Å². The van der Waals surface area contributed by atoms with Gasteiger partial charge >= 0.3 is 0 Å². The van der Waals surface area contributed by atoms with Gasteiger partial charge in [-0.25, -0.2) is 8.42 Å². The Morgan fingerprint density at radius 1 is 1.17 bits per heavy atom. The molecule has 2 atom stereocenters. The molecule has 0 unspecified atom stereocenters. The number of nitrogens with two attached hydrogens (primary N) is 1. The second-order valence-electron chi connectivity index (χ2n) is 5.38. The fourth-order valence-corrected chi connectivity index (χ4v) is 4.39. The van der Waals surface area contributed by atoms with Crippen molar-refractivity contribution in [3.63, 3.8) is 0 Å². The summed E-state index contributed by atoms with van der Waals surface area (Å²) in [6.45, 7) is 0.431. The smallest absolute Gasteiger partial charge is 0.272 e. The molecule has 6 nitrogen and oxygen atoms in total. The van der Waals surface area contributed by atoms with Crippen molar-refractivity contribution in [2.45, 2.75) is 22.4 Å². The van der Waals surface area contributed by atoms with E-state index >= 15 is 0 Å². The zero-order chi connectivity index (χ0) is 17.3. The van der Waals surface area contributed by atoms with Crippen molar-refractivity contribution in [2.24, 2.45) is 0 Å². The first-order chi connectivity index (χ1) is 10.6. The Kier molecular flexibility index (Phi) is 5.68. The predicted octanol–water partition coefficient (Wildman–Crippen LogP) is 1.01. The molecule has 10 heteroatoms. The SMILES string of the molecule is Nc1ccc(CN[C@H]2CS(=O)(=O)C[C@H]2NC(=O)C(Cl)(Cl)Cl)cc1. The number of hydrogen-bond donors (Lipinski definition) is 3. The summed E-state index contributed by atoms with van der Waals surface area (Å²) in [7, 11) is -3.27. The van der Waals surface area contributed by atoms with Crippen LogP contribution >= 0.6 is 34.8 Å². The monoisotopic (exact) mass is 399 g/mol. The van der Waals surface area contributed by atoms with Crippen molar-refractivity contribution >= 4 is 56.2 Å². The fraction of sp³-hybridized carbons (Fsp3) is 0.462. The minimum absolute atomic E-state index is 0.0905. The van der Waals surface area contributed by atoms with Crippen LogP contribution in [0.4, 0.5) is 5.69 Å². The number of amides is 1. The topological polar surface area (TPSA) is 101 Å². The summed E-state index contributed by atoms with van der Waals surface area (Å²) in [5, 5.41) is 5.59. The van der Waals surface area contributed by atoms with Crippen LogP contribution in [0.5, 0.6) is 0 Å². The van der Waals surface area contributed by atoms with E-state index in [2.05, 4.69) is 10.6 Å². The molecule has 0 bridgehead atoms. The summed E-state index contributed by atoms with van der Waals surface area (Å²) < 4.78 is 21.5. The Labute approximate surface area is 149 Å². The van der Waals surface area contributed by atoms with Crippen LogP contribution in [-0.2, 0) is 21.2 Å². The number of rotatable bonds is 4. The van der Waals surface area contributed by atoms with Crippen molar-refractivity contribution in [1.29, 1.82) is 0 Å². The number of halogens is 3. The molecule has 4 N–H and O–H groups in total. The van der Waals surface area contributed by atoms with Crippen molar-refractivity contribution in [2.75, 3.05) is 17.2 Å². The minimum atomic E-state index is -3.27. The molecular weight excluding hydrogens is 385 g/mol. The molecule has 1 amide bonds. The van der Waals surface area contributed by atoms with E-state index in [0.29, 0.717) is 12.2 Å². The highest BCUT2D eigenvalue weighted by molar-refractivity contribution is 7.91. The van der Waals surface area contributed by atoms with Crippen molar-refractivity contribution in [3.8, 4) is 0 Å². The Hall–Kier alpha value is -0.730. The van der Waals surface area contributed by atoms with Crippen molar-refractivity contribution < 1.29 is 13.2 Å². The van der Waals surface area contributed by atoms with E-state index in [0.717, 1.165) is 5.56 Å². The fourth-order valence-electron chi connectivity index (χ4n) is 2.33. The van der Waals surface area contributed by atoms with Gasteiger partial charge < -0.3 is 16.4 Å². The van der Waals surface area contributed by atoms with E-state index in [-0.39, 0.29) is 11.5 Å². The van der Waals surface area contributed by atoms with Gasteiger partial charge in [-0.15, -0.1) is 0 Å². The van der Waals surface area contributed by atoms with E-state index in [9.17, 15) is 13.2 Å². The van der Waals surface area contributed by atoms with Gasteiger partial charge in [-0.3, -0.25) is 4.79 Å². The van der Waals surface area contributed by atoms with Crippen molar-refractivity contribution in [3.05, 3.63) is 29.8 Å². The molecular formula is C13H16Cl3N3O3S. The Morgan fingerprint density at radius 3 is 2.30 bits per heavy atom. The largest absolute Gasteiger partial charge is 0.399 e. The van der Waals surface area contributed by atoms with Crippen LogP contribution in [0.3, 0.4) is 0 Å². The molecule has 0 spiro atoms. The van der Waals surface area contributed by atoms with Crippen LogP contribution in [0.2, 0.25) is 0 Å². The Balaban J connectivity index is 2.02. The molecule has 1 aromatic rings. The average molecular weight is 401 g/mol. The normalized spacial score (nSPS) is 23.6. The lowest BCUT2D eigenvalue weighted by Gasteiger charge is -2.22. The maximum Gasteiger partial charge on any atom is 0.272 e. The van der Waals surface area contributed by atoms with Crippen LogP contribution in [0.25, 0.3) is 0 Å². The highest BCUT2D eigenvalue weighted by Crippen LogP contribution is 2.27. The molecule has 0 aromatic heterocycles. The molecule has 1 saturated heterocycles. The molecule has 1 fully saturated rings. The molecule has 1 heterocycles. The summed E-state index contributed by atoms with van der Waals surface area (Å²) >= 11 is 16.5. The van der Waals surface area contributed by atoms with E-state index in [1.165, 1.54) is 0 Å². The highest BCUT2D eigenvalue weighted by Gasteiger charge is 2.41. The van der Waals surface area contributed by atoms with Gasteiger partial charge in [-0.05, 0) is 17.7 Å². The number of anilines is 1. The molecule has 2 rings (SSSR count). The number of alkyl halides is 3. The van der Waals surface area contributed by atoms with Gasteiger partial charge in [0.1, 0.15) is 0 Å². The van der Waals surface area contributed by atoms with Gasteiger partial charge in [0.25, 0.3) is 9.70 Å². The first-order valence-corrected chi connectivity index (χ1v) is 9.68. The van der Waals surface area contributed by atoms with E-state index in [1.807, 2.05) is 12.1 Å². The van der Waals surface area contributed by atoms with Crippen LogP contribution in [0.1, 0.15) is 5.56 Å². The van der Waals surface area contributed by atoms with Gasteiger partial charge in [-0.1, -0.05) is 46.9 Å². The van der Waals surface area contributed by atoms with Crippen LogP contribution in [0, 0.1) is 0 Å². The molecule has 1 aromatic carbocycles. The molecule has 1 aliphatic rings. The number of nitrogen functional groups attached to an aromatic ring is 1. The number of carbonyl (C=O) groups excluding carboxylic acids is 1. The van der Waals surface area contributed by atoms with Gasteiger partial charge in [0, 0.05) is 18.3 Å². The lowest BCUT2D eigenvalue weighted by Crippen LogP contribution is -2.51. The maximum absolute atomic E-state index is 11.8. The first kappa shape index (κ1) is 18.6. The summed E-state index contributed by atoms with van der Waals surface area (Å²) in [6.07, 6.45) is 0. The van der Waals surface area contributed by atoms with Crippen LogP contribution in [0.15, 0.2) is 24.3 Å². The third-order valence-corrected chi connectivity index (χ3v) is 5.72. The first-order valence-electron chi connectivity index (χ1n) is 6.73. The van der Waals surface area contributed by atoms with Gasteiger partial charge in [0.15, 0.2) is 9.84 Å². The lowest BCUT2D eigenvalue weighted by atomic mass is 10.1. The number of hydrogen-bond acceptors (Lipinski definition) is 5. The highest BCUT2D eigenvalue weighted by atomic mass is 35.6. The summed E-state index contributed by atoms with van der Waals surface area (Å²) in [4.78, 5) is 11.7. The minimum Gasteiger partial charge on any atom is -0.399 e. The third-order valence-electron chi connectivity index (χ3n) is 3.47. The van der Waals surface area contributed by atoms with E-state index < -0.39 is 31.6 Å². The third kappa shape index (κ3) is 5.39.